The van der Waals surface area contributed by atoms with Crippen molar-refractivity contribution in [2.45, 2.75) is 12.2 Å². The summed E-state index contributed by atoms with van der Waals surface area (Å²) in [5, 5.41) is 8.53. The average molecular weight is 255 g/mol. The van der Waals surface area contributed by atoms with Crippen LogP contribution in [0.3, 0.4) is 0 Å². The number of piperazine rings is 1. The molecule has 0 aromatic carbocycles. The highest BCUT2D eigenvalue weighted by Crippen LogP contribution is 2.13. The molecule has 1 aliphatic heterocycles. The topological polar surface area (TPSA) is 62.4 Å². The first-order valence-electron chi connectivity index (χ1n) is 5.35. The molecule has 1 amide bonds. The minimum absolute atomic E-state index is 0.0765. The van der Waals surface area contributed by atoms with E-state index in [1.165, 1.54) is 0 Å². The molecule has 0 saturated carbocycles. The summed E-state index contributed by atoms with van der Waals surface area (Å²) in [5.41, 5.74) is 0. The molecule has 5 nitrogen and oxygen atoms in total. The highest BCUT2D eigenvalue weighted by atomic mass is 19.4. The summed E-state index contributed by atoms with van der Waals surface area (Å²) in [5.74, 6) is -0.229. The fourth-order valence-electron chi connectivity index (χ4n) is 1.40. The summed E-state index contributed by atoms with van der Waals surface area (Å²) in [6.07, 6.45) is -4.32. The smallest absolute Gasteiger partial charge is 0.370 e. The summed E-state index contributed by atoms with van der Waals surface area (Å²) < 4.78 is 39.5. The van der Waals surface area contributed by atoms with Gasteiger partial charge in [-0.2, -0.15) is 13.2 Å². The van der Waals surface area contributed by atoms with Gasteiger partial charge >= 0.3 is 6.18 Å². The van der Waals surface area contributed by atoms with Crippen molar-refractivity contribution in [2.24, 2.45) is 0 Å². The van der Waals surface area contributed by atoms with Crippen LogP contribution < -0.4 is 16.0 Å². The molecule has 1 atom stereocenters. The molecule has 8 heteroatoms. The maximum absolute atomic E-state index is 11.7. The first kappa shape index (κ1) is 14.2. The van der Waals surface area contributed by atoms with Gasteiger partial charge in [0.15, 0.2) is 0 Å². The fourth-order valence-corrected chi connectivity index (χ4v) is 1.40. The van der Waals surface area contributed by atoms with Crippen molar-refractivity contribution >= 4 is 5.91 Å². The van der Waals surface area contributed by atoms with E-state index >= 15 is 0 Å². The van der Waals surface area contributed by atoms with E-state index in [-0.39, 0.29) is 25.1 Å². The Morgan fingerprint density at radius 1 is 1.41 bits per heavy atom. The lowest BCUT2D eigenvalue weighted by atomic mass is 10.2. The normalized spacial score (nSPS) is 21.2. The van der Waals surface area contributed by atoms with E-state index in [0.29, 0.717) is 13.1 Å². The van der Waals surface area contributed by atoms with Crippen molar-refractivity contribution in [3.05, 3.63) is 0 Å². The summed E-state index contributed by atoms with van der Waals surface area (Å²) in [6, 6.07) is -0.327. The van der Waals surface area contributed by atoms with Crippen LogP contribution in [0.4, 0.5) is 13.2 Å². The minimum Gasteiger partial charge on any atom is -0.370 e. The van der Waals surface area contributed by atoms with Gasteiger partial charge in [-0.05, 0) is 0 Å². The molecule has 3 N–H and O–H groups in total. The summed E-state index contributed by atoms with van der Waals surface area (Å²) in [4.78, 5) is 11.5. The second-order valence-electron chi connectivity index (χ2n) is 3.67. The van der Waals surface area contributed by atoms with Crippen LogP contribution in [0.2, 0.25) is 0 Å². The van der Waals surface area contributed by atoms with Crippen LogP contribution in [0.5, 0.6) is 0 Å². The van der Waals surface area contributed by atoms with Crippen LogP contribution in [-0.2, 0) is 9.53 Å². The third-order valence-corrected chi connectivity index (χ3v) is 2.17. The van der Waals surface area contributed by atoms with Crippen LogP contribution in [0.25, 0.3) is 0 Å². The van der Waals surface area contributed by atoms with Crippen molar-refractivity contribution in [3.63, 3.8) is 0 Å². The molecule has 1 aliphatic rings. The quantitative estimate of drug-likeness (QED) is 0.565. The van der Waals surface area contributed by atoms with Crippen LogP contribution in [0.15, 0.2) is 0 Å². The molecule has 1 unspecified atom stereocenters. The van der Waals surface area contributed by atoms with E-state index in [1.54, 1.807) is 0 Å². The molecule has 0 spiro atoms. The Balaban J connectivity index is 2.04. The Hall–Kier alpha value is -0.860. The summed E-state index contributed by atoms with van der Waals surface area (Å²) in [7, 11) is 0. The second-order valence-corrected chi connectivity index (χ2v) is 3.67. The van der Waals surface area contributed by atoms with E-state index in [9.17, 15) is 18.0 Å². The lowest BCUT2D eigenvalue weighted by molar-refractivity contribution is -0.173. The third kappa shape index (κ3) is 6.44. The molecule has 0 aliphatic carbocycles. The molecule has 1 heterocycles. The molecule has 1 saturated heterocycles. The molecular formula is C9H16F3N3O2. The molecule has 0 aromatic heterocycles. The summed E-state index contributed by atoms with van der Waals surface area (Å²) >= 11 is 0. The Bertz CT molecular complexity index is 242. The third-order valence-electron chi connectivity index (χ3n) is 2.17. The zero-order valence-corrected chi connectivity index (χ0v) is 9.27. The van der Waals surface area contributed by atoms with Crippen molar-refractivity contribution in [3.8, 4) is 0 Å². The molecule has 1 rings (SSSR count). The van der Waals surface area contributed by atoms with Crippen molar-refractivity contribution in [1.82, 2.24) is 16.0 Å². The number of hydrogen-bond acceptors (Lipinski definition) is 4. The molecule has 100 valence electrons. The van der Waals surface area contributed by atoms with Crippen LogP contribution in [-0.4, -0.2) is 57.5 Å². The van der Waals surface area contributed by atoms with Gasteiger partial charge in [0.2, 0.25) is 5.91 Å². The zero-order valence-electron chi connectivity index (χ0n) is 9.27. The number of alkyl halides is 3. The van der Waals surface area contributed by atoms with Crippen LogP contribution in [0.1, 0.15) is 0 Å². The Labute approximate surface area is 97.1 Å². The van der Waals surface area contributed by atoms with Gasteiger partial charge in [-0.25, -0.2) is 0 Å². The standard InChI is InChI=1S/C9H16F3N3O2/c10-9(11,12)6-17-4-3-15-8(16)7-5-13-1-2-14-7/h7,13-14H,1-6H2,(H,15,16). The first-order valence-corrected chi connectivity index (χ1v) is 5.35. The number of carbonyl (C=O) groups excluding carboxylic acids is 1. The number of hydrogen-bond donors (Lipinski definition) is 3. The van der Waals surface area contributed by atoms with E-state index in [0.717, 1.165) is 6.54 Å². The highest BCUT2D eigenvalue weighted by molar-refractivity contribution is 5.82. The molecule has 1 fully saturated rings. The predicted octanol–water partition coefficient (Wildman–Crippen LogP) is -0.757. The van der Waals surface area contributed by atoms with Gasteiger partial charge in [0.1, 0.15) is 6.61 Å². The van der Waals surface area contributed by atoms with Gasteiger partial charge in [0, 0.05) is 26.2 Å². The Morgan fingerprint density at radius 2 is 2.18 bits per heavy atom. The largest absolute Gasteiger partial charge is 0.411 e. The van der Waals surface area contributed by atoms with E-state index in [4.69, 9.17) is 0 Å². The minimum atomic E-state index is -4.32. The second kappa shape index (κ2) is 6.77. The summed E-state index contributed by atoms with van der Waals surface area (Å²) in [6.45, 7) is 0.668. The maximum Gasteiger partial charge on any atom is 0.411 e. The average Bonchev–Trinajstić information content (AvgIpc) is 2.28. The molecular weight excluding hydrogens is 239 g/mol. The van der Waals surface area contributed by atoms with Gasteiger partial charge in [0.05, 0.1) is 12.6 Å². The van der Waals surface area contributed by atoms with Gasteiger partial charge in [0.25, 0.3) is 0 Å². The monoisotopic (exact) mass is 255 g/mol. The van der Waals surface area contributed by atoms with Crippen molar-refractivity contribution < 1.29 is 22.7 Å². The van der Waals surface area contributed by atoms with E-state index < -0.39 is 12.8 Å². The lowest BCUT2D eigenvalue weighted by Crippen LogP contribution is -2.56. The lowest BCUT2D eigenvalue weighted by Gasteiger charge is -2.23. The maximum atomic E-state index is 11.7. The first-order chi connectivity index (χ1) is 7.99. The predicted molar refractivity (Wildman–Crippen MR) is 54.5 cm³/mol. The SMILES string of the molecule is O=C(NCCOCC(F)(F)F)C1CNCCN1. The Kier molecular flexibility index (Phi) is 5.66. The van der Waals surface area contributed by atoms with E-state index in [1.807, 2.05) is 0 Å². The van der Waals surface area contributed by atoms with Gasteiger partial charge in [-0.3, -0.25) is 4.79 Å². The highest BCUT2D eigenvalue weighted by Gasteiger charge is 2.27. The molecule has 0 radical (unpaired) electrons. The number of halogens is 3. The number of carbonyl (C=O) groups is 1. The van der Waals surface area contributed by atoms with Crippen LogP contribution >= 0.6 is 0 Å². The molecule has 17 heavy (non-hydrogen) atoms. The van der Waals surface area contributed by atoms with Crippen LogP contribution in [0, 0.1) is 0 Å². The van der Waals surface area contributed by atoms with Gasteiger partial charge in [-0.1, -0.05) is 0 Å². The number of nitrogens with one attached hydrogen (secondary N) is 3. The Morgan fingerprint density at radius 3 is 2.76 bits per heavy atom. The number of ether oxygens (including phenoxy) is 1. The van der Waals surface area contributed by atoms with Gasteiger partial charge < -0.3 is 20.7 Å². The molecule has 0 aromatic rings. The number of rotatable bonds is 5. The number of amides is 1. The molecule has 0 bridgehead atoms. The van der Waals surface area contributed by atoms with Crippen molar-refractivity contribution in [2.75, 3.05) is 39.4 Å². The fraction of sp³-hybridized carbons (Fsp3) is 0.889. The van der Waals surface area contributed by atoms with E-state index in [2.05, 4.69) is 20.7 Å². The van der Waals surface area contributed by atoms with Gasteiger partial charge in [-0.15, -0.1) is 0 Å². The van der Waals surface area contributed by atoms with Crippen molar-refractivity contribution in [1.29, 1.82) is 0 Å². The zero-order chi connectivity index (χ0) is 12.7.